The molecule has 2 aromatic rings. The molecule has 7 nitrogen and oxygen atoms in total. The van der Waals surface area contributed by atoms with Crippen LogP contribution in [0.4, 0.5) is 15.8 Å². The predicted molar refractivity (Wildman–Crippen MR) is 113 cm³/mol. The van der Waals surface area contributed by atoms with Gasteiger partial charge in [0.05, 0.1) is 25.8 Å². The van der Waals surface area contributed by atoms with Crippen molar-refractivity contribution in [3.8, 4) is 11.5 Å². The molecule has 31 heavy (non-hydrogen) atoms. The summed E-state index contributed by atoms with van der Waals surface area (Å²) in [4.78, 5) is 29.1. The first kappa shape index (κ1) is 19.8. The van der Waals surface area contributed by atoms with E-state index in [2.05, 4.69) is 15.5 Å². The SMILES string of the molecule is COc1ccc(OC)c(NC(=O)[C@@H]2C[C@H]3CCCN3[C@]23C(=O)Nc2ccc(F)cc23)c1. The molecule has 3 atom stereocenters. The van der Waals surface area contributed by atoms with Gasteiger partial charge in [-0.15, -0.1) is 0 Å². The predicted octanol–water partition coefficient (Wildman–Crippen LogP) is 3.11. The lowest BCUT2D eigenvalue weighted by atomic mass is 9.78. The Labute approximate surface area is 179 Å². The highest BCUT2D eigenvalue weighted by atomic mass is 19.1. The fourth-order valence-electron chi connectivity index (χ4n) is 5.53. The molecule has 0 bridgehead atoms. The quantitative estimate of drug-likeness (QED) is 0.787. The number of benzene rings is 2. The molecule has 2 saturated heterocycles. The lowest BCUT2D eigenvalue weighted by molar-refractivity contribution is -0.135. The highest BCUT2D eigenvalue weighted by Crippen LogP contribution is 2.55. The normalized spacial score (nSPS) is 26.5. The standard InChI is InChI=1S/C23H24FN3O4/c1-30-15-6-8-20(31-2)19(12-15)25-21(28)17-11-14-4-3-9-27(14)23(17)16-10-13(24)5-7-18(16)26-22(23)29/h5-8,10,12,14,17H,3-4,9,11H2,1-2H3,(H,25,28)(H,26,29)/t14-,17+,23+/m1/s1. The van der Waals surface area contributed by atoms with E-state index in [0.29, 0.717) is 41.4 Å². The lowest BCUT2D eigenvalue weighted by Gasteiger charge is -2.36. The van der Waals surface area contributed by atoms with Crippen molar-refractivity contribution in [1.29, 1.82) is 0 Å². The number of methoxy groups -OCH3 is 2. The maximum atomic E-state index is 14.2. The molecule has 0 aliphatic carbocycles. The number of anilines is 2. The van der Waals surface area contributed by atoms with Crippen LogP contribution in [0.5, 0.6) is 11.5 Å². The molecule has 3 aliphatic heterocycles. The number of amides is 2. The summed E-state index contributed by atoms with van der Waals surface area (Å²) < 4.78 is 24.9. The van der Waals surface area contributed by atoms with E-state index in [1.807, 2.05) is 0 Å². The van der Waals surface area contributed by atoms with Gasteiger partial charge in [-0.25, -0.2) is 4.39 Å². The van der Waals surface area contributed by atoms with Gasteiger partial charge in [0, 0.05) is 23.4 Å². The van der Waals surface area contributed by atoms with Gasteiger partial charge < -0.3 is 20.1 Å². The second-order valence-electron chi connectivity index (χ2n) is 8.24. The molecule has 0 radical (unpaired) electrons. The van der Waals surface area contributed by atoms with Crippen LogP contribution in [0.1, 0.15) is 24.8 Å². The van der Waals surface area contributed by atoms with Crippen LogP contribution in [0.2, 0.25) is 0 Å². The highest BCUT2D eigenvalue weighted by Gasteiger charge is 2.65. The summed E-state index contributed by atoms with van der Waals surface area (Å²) in [6.07, 6.45) is 2.38. The fraction of sp³-hybridized carbons (Fsp3) is 0.391. The Morgan fingerprint density at radius 1 is 1.23 bits per heavy atom. The molecule has 2 fully saturated rings. The topological polar surface area (TPSA) is 79.9 Å². The third kappa shape index (κ3) is 2.81. The Morgan fingerprint density at radius 2 is 2.06 bits per heavy atom. The first-order valence-electron chi connectivity index (χ1n) is 10.4. The number of nitrogens with zero attached hydrogens (tertiary/aromatic N) is 1. The van der Waals surface area contributed by atoms with Crippen molar-refractivity contribution < 1.29 is 23.5 Å². The largest absolute Gasteiger partial charge is 0.497 e. The van der Waals surface area contributed by atoms with Crippen LogP contribution >= 0.6 is 0 Å². The second-order valence-corrected chi connectivity index (χ2v) is 8.24. The Balaban J connectivity index is 1.57. The summed E-state index contributed by atoms with van der Waals surface area (Å²) in [5, 5.41) is 5.83. The molecule has 5 rings (SSSR count). The molecular weight excluding hydrogens is 401 g/mol. The van der Waals surface area contributed by atoms with E-state index in [-0.39, 0.29) is 17.9 Å². The van der Waals surface area contributed by atoms with Crippen LogP contribution in [0, 0.1) is 11.7 Å². The maximum Gasteiger partial charge on any atom is 0.250 e. The van der Waals surface area contributed by atoms with Gasteiger partial charge in [-0.3, -0.25) is 14.5 Å². The lowest BCUT2D eigenvalue weighted by Crippen LogP contribution is -2.53. The van der Waals surface area contributed by atoms with Crippen molar-refractivity contribution in [2.75, 3.05) is 31.4 Å². The smallest absolute Gasteiger partial charge is 0.250 e. The van der Waals surface area contributed by atoms with Gasteiger partial charge in [-0.2, -0.15) is 0 Å². The van der Waals surface area contributed by atoms with Crippen LogP contribution in [-0.4, -0.2) is 43.5 Å². The molecule has 2 aromatic carbocycles. The van der Waals surface area contributed by atoms with Crippen LogP contribution in [-0.2, 0) is 15.1 Å². The Bertz CT molecular complexity index is 1070. The van der Waals surface area contributed by atoms with E-state index in [0.717, 1.165) is 12.8 Å². The van der Waals surface area contributed by atoms with Crippen molar-refractivity contribution in [2.24, 2.45) is 5.92 Å². The van der Waals surface area contributed by atoms with Crippen molar-refractivity contribution in [3.63, 3.8) is 0 Å². The highest BCUT2D eigenvalue weighted by molar-refractivity contribution is 6.10. The maximum absolute atomic E-state index is 14.2. The minimum absolute atomic E-state index is 0.0999. The Morgan fingerprint density at radius 3 is 2.84 bits per heavy atom. The molecular formula is C23H24FN3O4. The molecule has 1 spiro atoms. The number of ether oxygens (including phenoxy) is 2. The number of hydrogen-bond acceptors (Lipinski definition) is 5. The molecule has 2 N–H and O–H groups in total. The van der Waals surface area contributed by atoms with Crippen LogP contribution in [0.25, 0.3) is 0 Å². The zero-order chi connectivity index (χ0) is 21.8. The second kappa shape index (κ2) is 7.23. The van der Waals surface area contributed by atoms with E-state index in [4.69, 9.17) is 9.47 Å². The van der Waals surface area contributed by atoms with Gasteiger partial charge in [0.15, 0.2) is 0 Å². The zero-order valence-corrected chi connectivity index (χ0v) is 17.4. The molecule has 3 aliphatic rings. The first-order chi connectivity index (χ1) is 15.0. The number of fused-ring (bicyclic) bond motifs is 4. The van der Waals surface area contributed by atoms with E-state index in [1.165, 1.54) is 19.2 Å². The van der Waals surface area contributed by atoms with Crippen LogP contribution in [0.15, 0.2) is 36.4 Å². The number of carbonyl (C=O) groups is 2. The molecule has 0 saturated carbocycles. The molecule has 2 amide bonds. The fourth-order valence-corrected chi connectivity index (χ4v) is 5.53. The van der Waals surface area contributed by atoms with Crippen molar-refractivity contribution in [3.05, 3.63) is 47.8 Å². The zero-order valence-electron chi connectivity index (χ0n) is 17.4. The average Bonchev–Trinajstić information content (AvgIpc) is 3.42. The van der Waals surface area contributed by atoms with Crippen molar-refractivity contribution in [2.45, 2.75) is 30.8 Å². The summed E-state index contributed by atoms with van der Waals surface area (Å²) in [5.41, 5.74) is 0.358. The Kier molecular flexibility index (Phi) is 4.62. The number of rotatable bonds is 4. The number of carbonyl (C=O) groups excluding carboxylic acids is 2. The summed E-state index contributed by atoms with van der Waals surface area (Å²) in [7, 11) is 3.07. The third-order valence-corrected chi connectivity index (χ3v) is 6.81. The molecule has 0 aromatic heterocycles. The summed E-state index contributed by atoms with van der Waals surface area (Å²) in [6, 6.07) is 9.52. The van der Waals surface area contributed by atoms with E-state index >= 15 is 0 Å². The third-order valence-electron chi connectivity index (χ3n) is 6.81. The van der Waals surface area contributed by atoms with Crippen LogP contribution in [0.3, 0.4) is 0 Å². The monoisotopic (exact) mass is 425 g/mol. The van der Waals surface area contributed by atoms with Gasteiger partial charge in [0.25, 0.3) is 0 Å². The van der Waals surface area contributed by atoms with Crippen molar-refractivity contribution in [1.82, 2.24) is 4.90 Å². The van der Waals surface area contributed by atoms with E-state index in [1.54, 1.807) is 31.4 Å². The van der Waals surface area contributed by atoms with Gasteiger partial charge in [0.1, 0.15) is 22.9 Å². The summed E-state index contributed by atoms with van der Waals surface area (Å²) in [6.45, 7) is 0.695. The number of nitrogens with one attached hydrogen (secondary N) is 2. The van der Waals surface area contributed by atoms with E-state index in [9.17, 15) is 14.0 Å². The van der Waals surface area contributed by atoms with E-state index < -0.39 is 17.3 Å². The van der Waals surface area contributed by atoms with Gasteiger partial charge in [0.2, 0.25) is 11.8 Å². The van der Waals surface area contributed by atoms with Gasteiger partial charge in [-0.1, -0.05) is 0 Å². The number of hydrogen-bond donors (Lipinski definition) is 2. The van der Waals surface area contributed by atoms with Crippen molar-refractivity contribution >= 4 is 23.2 Å². The number of halogens is 1. The molecule has 0 unspecified atom stereocenters. The summed E-state index contributed by atoms with van der Waals surface area (Å²) in [5.74, 6) is -0.598. The van der Waals surface area contributed by atoms with Crippen LogP contribution < -0.4 is 20.1 Å². The summed E-state index contributed by atoms with van der Waals surface area (Å²) >= 11 is 0. The molecule has 8 heteroatoms. The molecule has 162 valence electrons. The average molecular weight is 425 g/mol. The minimum Gasteiger partial charge on any atom is -0.497 e. The first-order valence-corrected chi connectivity index (χ1v) is 10.4. The Hall–Kier alpha value is -3.13. The minimum atomic E-state index is -1.21. The molecule has 3 heterocycles. The van der Waals surface area contributed by atoms with Gasteiger partial charge >= 0.3 is 0 Å². The van der Waals surface area contributed by atoms with Gasteiger partial charge in [-0.05, 0) is 56.1 Å².